The molecule has 1 saturated heterocycles. The van der Waals surface area contributed by atoms with Crippen LogP contribution in [0.25, 0.3) is 0 Å². The van der Waals surface area contributed by atoms with Gasteiger partial charge in [0.05, 0.1) is 10.6 Å². The maximum absolute atomic E-state index is 12.8. The van der Waals surface area contributed by atoms with Crippen LogP contribution in [0, 0.1) is 0 Å². The van der Waals surface area contributed by atoms with E-state index in [2.05, 4.69) is 17.1 Å². The molecule has 1 heterocycles. The molecule has 2 nitrogen and oxygen atoms in total. The third-order valence-electron chi connectivity index (χ3n) is 4.11. The lowest BCUT2D eigenvalue weighted by Crippen LogP contribution is -2.45. The van der Waals surface area contributed by atoms with Crippen LogP contribution in [-0.4, -0.2) is 31.1 Å². The molecule has 140 valence electrons. The number of unbranched alkanes of at least 4 members (excludes halogenated alkanes) is 1. The molecule has 0 unspecified atom stereocenters. The average molecular weight is 408 g/mol. The molecule has 0 aromatic heterocycles. The van der Waals surface area contributed by atoms with Gasteiger partial charge in [0, 0.05) is 32.2 Å². The summed E-state index contributed by atoms with van der Waals surface area (Å²) in [4.78, 5) is 2.34. The molecule has 0 aliphatic carbocycles. The van der Waals surface area contributed by atoms with Crippen molar-refractivity contribution in [2.75, 3.05) is 26.2 Å². The van der Waals surface area contributed by atoms with Crippen LogP contribution < -0.4 is 5.32 Å². The minimum absolute atomic E-state index is 0. The van der Waals surface area contributed by atoms with Gasteiger partial charge in [0.1, 0.15) is 0 Å². The van der Waals surface area contributed by atoms with Crippen molar-refractivity contribution in [1.82, 2.24) is 10.2 Å². The Morgan fingerprint density at radius 2 is 1.83 bits per heavy atom. The summed E-state index contributed by atoms with van der Waals surface area (Å²) in [5, 5.41) is 3.09. The van der Waals surface area contributed by atoms with Gasteiger partial charge in [-0.3, -0.25) is 4.90 Å². The van der Waals surface area contributed by atoms with Crippen LogP contribution in [0.1, 0.15) is 43.4 Å². The SMILES string of the molecule is CCCC[C@@H](c1ccc(C(F)(F)F)c(Cl)c1)N1CCNCC1.Cl.Cl. The highest BCUT2D eigenvalue weighted by molar-refractivity contribution is 6.31. The first kappa shape index (κ1) is 23.8. The fourth-order valence-electron chi connectivity index (χ4n) is 2.92. The number of benzene rings is 1. The van der Waals surface area contributed by atoms with Gasteiger partial charge in [0.25, 0.3) is 0 Å². The predicted octanol–water partition coefficient (Wildman–Crippen LogP) is 5.34. The highest BCUT2D eigenvalue weighted by Crippen LogP contribution is 2.37. The number of halogens is 6. The second-order valence-corrected chi connectivity index (χ2v) is 6.09. The number of rotatable bonds is 5. The summed E-state index contributed by atoms with van der Waals surface area (Å²) >= 11 is 5.88. The summed E-state index contributed by atoms with van der Waals surface area (Å²) in [6, 6.07) is 4.32. The van der Waals surface area contributed by atoms with E-state index in [1.165, 1.54) is 6.07 Å². The molecule has 1 fully saturated rings. The normalized spacial score (nSPS) is 16.9. The van der Waals surface area contributed by atoms with Gasteiger partial charge in [0.2, 0.25) is 0 Å². The molecule has 1 N–H and O–H groups in total. The molecule has 0 bridgehead atoms. The Kier molecular flexibility index (Phi) is 10.6. The van der Waals surface area contributed by atoms with E-state index < -0.39 is 11.7 Å². The fraction of sp³-hybridized carbons (Fsp3) is 0.625. The van der Waals surface area contributed by atoms with Crippen molar-refractivity contribution in [3.63, 3.8) is 0 Å². The molecular formula is C16H24Cl3F3N2. The number of nitrogens with one attached hydrogen (secondary N) is 1. The largest absolute Gasteiger partial charge is 0.417 e. The van der Waals surface area contributed by atoms with Gasteiger partial charge < -0.3 is 5.32 Å². The van der Waals surface area contributed by atoms with Crippen LogP contribution in [0.3, 0.4) is 0 Å². The Bertz CT molecular complexity index is 492. The molecule has 2 rings (SSSR count). The Morgan fingerprint density at radius 1 is 1.21 bits per heavy atom. The number of alkyl halides is 3. The third kappa shape index (κ3) is 6.26. The van der Waals surface area contributed by atoms with Crippen molar-refractivity contribution in [3.8, 4) is 0 Å². The highest BCUT2D eigenvalue weighted by Gasteiger charge is 2.33. The average Bonchev–Trinajstić information content (AvgIpc) is 2.47. The summed E-state index contributed by atoms with van der Waals surface area (Å²) in [7, 11) is 0. The van der Waals surface area contributed by atoms with Gasteiger partial charge >= 0.3 is 6.18 Å². The lowest BCUT2D eigenvalue weighted by atomic mass is 9.97. The lowest BCUT2D eigenvalue weighted by Gasteiger charge is -2.35. The van der Waals surface area contributed by atoms with Crippen molar-refractivity contribution in [2.45, 2.75) is 38.4 Å². The zero-order chi connectivity index (χ0) is 16.2. The molecule has 1 aromatic rings. The van der Waals surface area contributed by atoms with Gasteiger partial charge in [-0.25, -0.2) is 0 Å². The number of nitrogens with zero attached hydrogens (tertiary/aromatic N) is 1. The van der Waals surface area contributed by atoms with Crippen molar-refractivity contribution in [2.24, 2.45) is 0 Å². The number of piperazine rings is 1. The standard InChI is InChI=1S/C16H22ClF3N2.2ClH/c1-2-3-4-15(22-9-7-21-8-10-22)12-5-6-13(14(17)11-12)16(18,19)20;;/h5-6,11,15,21H,2-4,7-10H2,1H3;2*1H/t15-;;/m0../s1. The molecule has 24 heavy (non-hydrogen) atoms. The first-order valence-electron chi connectivity index (χ1n) is 7.75. The van der Waals surface area contributed by atoms with Crippen LogP contribution >= 0.6 is 36.4 Å². The monoisotopic (exact) mass is 406 g/mol. The lowest BCUT2D eigenvalue weighted by molar-refractivity contribution is -0.137. The van der Waals surface area contributed by atoms with Gasteiger partial charge in [-0.2, -0.15) is 13.2 Å². The smallest absolute Gasteiger partial charge is 0.314 e. The quantitative estimate of drug-likeness (QED) is 0.709. The Morgan fingerprint density at radius 3 is 2.33 bits per heavy atom. The predicted molar refractivity (Wildman–Crippen MR) is 97.7 cm³/mol. The van der Waals surface area contributed by atoms with E-state index in [4.69, 9.17) is 11.6 Å². The maximum atomic E-state index is 12.8. The van der Waals surface area contributed by atoms with Crippen LogP contribution in [0.4, 0.5) is 13.2 Å². The summed E-state index contributed by atoms with van der Waals surface area (Å²) in [5.41, 5.74) is 0.126. The molecule has 0 amide bonds. The van der Waals surface area contributed by atoms with Crippen LogP contribution in [0.5, 0.6) is 0 Å². The van der Waals surface area contributed by atoms with E-state index in [0.717, 1.165) is 57.1 Å². The zero-order valence-electron chi connectivity index (χ0n) is 13.5. The van der Waals surface area contributed by atoms with Crippen LogP contribution in [0.15, 0.2) is 18.2 Å². The van der Waals surface area contributed by atoms with Gasteiger partial charge in [-0.05, 0) is 24.1 Å². The number of hydrogen-bond acceptors (Lipinski definition) is 2. The zero-order valence-corrected chi connectivity index (χ0v) is 15.9. The Labute approximate surface area is 158 Å². The van der Waals surface area contributed by atoms with Gasteiger partial charge in [-0.1, -0.05) is 37.4 Å². The maximum Gasteiger partial charge on any atom is 0.417 e. The van der Waals surface area contributed by atoms with Crippen molar-refractivity contribution < 1.29 is 13.2 Å². The Balaban J connectivity index is 0.00000264. The summed E-state index contributed by atoms with van der Waals surface area (Å²) < 4.78 is 38.5. The van der Waals surface area contributed by atoms with Gasteiger partial charge in [0.15, 0.2) is 0 Å². The fourth-order valence-corrected chi connectivity index (χ4v) is 3.22. The van der Waals surface area contributed by atoms with E-state index in [9.17, 15) is 13.2 Å². The molecule has 8 heteroatoms. The van der Waals surface area contributed by atoms with E-state index in [-0.39, 0.29) is 35.9 Å². The summed E-state index contributed by atoms with van der Waals surface area (Å²) in [6.07, 6.45) is -1.34. The molecule has 1 aromatic carbocycles. The molecule has 0 saturated carbocycles. The first-order chi connectivity index (χ1) is 10.4. The molecule has 1 aliphatic heterocycles. The summed E-state index contributed by atoms with van der Waals surface area (Å²) in [6.45, 7) is 5.77. The molecule has 0 radical (unpaired) electrons. The van der Waals surface area contributed by atoms with E-state index in [1.54, 1.807) is 6.07 Å². The minimum Gasteiger partial charge on any atom is -0.314 e. The first-order valence-corrected chi connectivity index (χ1v) is 8.12. The third-order valence-corrected chi connectivity index (χ3v) is 4.42. The second-order valence-electron chi connectivity index (χ2n) is 5.68. The van der Waals surface area contributed by atoms with Crippen LogP contribution in [-0.2, 0) is 6.18 Å². The Hall–Kier alpha value is -0.200. The summed E-state index contributed by atoms with van der Waals surface area (Å²) in [5.74, 6) is 0. The van der Waals surface area contributed by atoms with Crippen molar-refractivity contribution in [3.05, 3.63) is 34.3 Å². The van der Waals surface area contributed by atoms with Crippen molar-refractivity contribution in [1.29, 1.82) is 0 Å². The van der Waals surface area contributed by atoms with E-state index in [0.29, 0.717) is 0 Å². The second kappa shape index (κ2) is 10.7. The molecule has 0 spiro atoms. The van der Waals surface area contributed by atoms with Crippen LogP contribution in [0.2, 0.25) is 5.02 Å². The highest BCUT2D eigenvalue weighted by atomic mass is 35.5. The molecule has 1 atom stereocenters. The van der Waals surface area contributed by atoms with Gasteiger partial charge in [-0.15, -0.1) is 24.8 Å². The molecular weight excluding hydrogens is 384 g/mol. The van der Waals surface area contributed by atoms with Crippen molar-refractivity contribution >= 4 is 36.4 Å². The van der Waals surface area contributed by atoms with E-state index in [1.807, 2.05) is 0 Å². The number of hydrogen-bond donors (Lipinski definition) is 1. The molecule has 1 aliphatic rings. The minimum atomic E-state index is -4.40. The van der Waals surface area contributed by atoms with E-state index >= 15 is 0 Å². The topological polar surface area (TPSA) is 15.3 Å².